The lowest BCUT2D eigenvalue weighted by molar-refractivity contribution is -0.137. The van der Waals surface area contributed by atoms with Crippen molar-refractivity contribution in [2.24, 2.45) is 5.92 Å². The number of imidazole rings is 1. The molecule has 2 fully saturated rings. The zero-order valence-corrected chi connectivity index (χ0v) is 17.3. The van der Waals surface area contributed by atoms with E-state index in [0.29, 0.717) is 6.42 Å². The first kappa shape index (κ1) is 20.1. The Balaban J connectivity index is 1.38. The van der Waals surface area contributed by atoms with E-state index in [-0.39, 0.29) is 30.3 Å². The van der Waals surface area contributed by atoms with Crippen LogP contribution in [0.15, 0.2) is 43.0 Å². The lowest BCUT2D eigenvalue weighted by Crippen LogP contribution is -2.54. The minimum Gasteiger partial charge on any atom is -0.348 e. The van der Waals surface area contributed by atoms with Gasteiger partial charge in [0.1, 0.15) is 12.1 Å². The average molecular weight is 409 g/mol. The Morgan fingerprint density at radius 3 is 2.73 bits per heavy atom. The van der Waals surface area contributed by atoms with E-state index in [2.05, 4.69) is 15.6 Å². The Kier molecular flexibility index (Phi) is 5.32. The molecule has 4 amide bonds. The third-order valence-corrected chi connectivity index (χ3v) is 6.38. The molecule has 1 spiro atoms. The van der Waals surface area contributed by atoms with Crippen molar-refractivity contribution in [1.29, 1.82) is 0 Å². The number of urea groups is 1. The number of nitrogens with zero attached hydrogens (tertiary/aromatic N) is 3. The molecule has 1 aliphatic carbocycles. The number of rotatable bonds is 5. The van der Waals surface area contributed by atoms with Crippen molar-refractivity contribution in [3.8, 4) is 5.69 Å². The summed E-state index contributed by atoms with van der Waals surface area (Å²) in [6.07, 6.45) is 8.79. The van der Waals surface area contributed by atoms with Crippen LogP contribution in [0.2, 0.25) is 0 Å². The normalized spacial score (nSPS) is 24.7. The van der Waals surface area contributed by atoms with E-state index < -0.39 is 11.6 Å². The van der Waals surface area contributed by atoms with Crippen molar-refractivity contribution in [1.82, 2.24) is 25.1 Å². The Bertz CT molecular complexity index is 940. The Morgan fingerprint density at radius 1 is 1.30 bits per heavy atom. The van der Waals surface area contributed by atoms with Crippen LogP contribution in [0.1, 0.15) is 51.1 Å². The van der Waals surface area contributed by atoms with E-state index in [0.717, 1.165) is 35.4 Å². The smallest absolute Gasteiger partial charge is 0.325 e. The molecular weight excluding hydrogens is 382 g/mol. The number of hydrogen-bond donors (Lipinski definition) is 2. The molecule has 0 radical (unpaired) electrons. The second-order valence-corrected chi connectivity index (χ2v) is 8.29. The second-order valence-electron chi connectivity index (χ2n) is 8.29. The van der Waals surface area contributed by atoms with Gasteiger partial charge in [0.05, 0.1) is 12.4 Å². The molecule has 1 aliphatic heterocycles. The van der Waals surface area contributed by atoms with Gasteiger partial charge in [0.15, 0.2) is 0 Å². The highest BCUT2D eigenvalue weighted by molar-refractivity contribution is 6.09. The van der Waals surface area contributed by atoms with Gasteiger partial charge in [-0.15, -0.1) is 0 Å². The van der Waals surface area contributed by atoms with Crippen LogP contribution in [-0.2, 0) is 9.59 Å². The van der Waals surface area contributed by atoms with Gasteiger partial charge in [0.25, 0.3) is 5.91 Å². The quantitative estimate of drug-likeness (QED) is 0.742. The standard InChI is InChI=1S/C22H27N5O3/c1-15-5-3-4-10-22(15)20(29)27(21(30)25-22)13-19(28)24-16(2)17-6-8-18(9-7-17)26-12-11-23-14-26/h6-9,11-12,14-16H,3-5,10,13H2,1-2H3,(H,24,28)(H,25,30)/t15-,16+,22-/m1/s1. The molecule has 1 saturated carbocycles. The Morgan fingerprint density at radius 2 is 2.07 bits per heavy atom. The van der Waals surface area contributed by atoms with E-state index >= 15 is 0 Å². The molecule has 1 saturated heterocycles. The SMILES string of the molecule is C[C@H](NC(=O)CN1C(=O)N[C@@]2(CCCC[C@H]2C)C1=O)c1ccc(-n2ccnc2)cc1. The highest BCUT2D eigenvalue weighted by Crippen LogP contribution is 2.38. The molecule has 1 aromatic carbocycles. The number of imide groups is 1. The molecule has 158 valence electrons. The van der Waals surface area contributed by atoms with Crippen molar-refractivity contribution < 1.29 is 14.4 Å². The fraction of sp³-hybridized carbons (Fsp3) is 0.455. The molecule has 8 heteroatoms. The summed E-state index contributed by atoms with van der Waals surface area (Å²) in [4.78, 5) is 43.1. The highest BCUT2D eigenvalue weighted by Gasteiger charge is 2.55. The van der Waals surface area contributed by atoms with Gasteiger partial charge in [0, 0.05) is 18.1 Å². The third kappa shape index (κ3) is 3.58. The summed E-state index contributed by atoms with van der Waals surface area (Å²) < 4.78 is 1.90. The van der Waals surface area contributed by atoms with Crippen LogP contribution in [0, 0.1) is 5.92 Å². The van der Waals surface area contributed by atoms with Gasteiger partial charge in [-0.05, 0) is 43.4 Å². The predicted molar refractivity (Wildman–Crippen MR) is 111 cm³/mol. The maximum absolute atomic E-state index is 13.0. The summed E-state index contributed by atoms with van der Waals surface area (Å²) in [7, 11) is 0. The number of nitrogens with one attached hydrogen (secondary N) is 2. The number of aromatic nitrogens is 2. The number of amides is 4. The van der Waals surface area contributed by atoms with Crippen molar-refractivity contribution in [2.45, 2.75) is 51.1 Å². The first-order valence-corrected chi connectivity index (χ1v) is 10.4. The molecular formula is C22H27N5O3. The number of carbonyl (C=O) groups excluding carboxylic acids is 3. The molecule has 2 aromatic rings. The van der Waals surface area contributed by atoms with Gasteiger partial charge >= 0.3 is 6.03 Å². The van der Waals surface area contributed by atoms with Gasteiger partial charge in [-0.2, -0.15) is 0 Å². The maximum atomic E-state index is 13.0. The van der Waals surface area contributed by atoms with Crippen LogP contribution < -0.4 is 10.6 Å². The summed E-state index contributed by atoms with van der Waals surface area (Å²) in [6, 6.07) is 7.05. The molecule has 2 N–H and O–H groups in total. The molecule has 1 aromatic heterocycles. The van der Waals surface area contributed by atoms with Crippen LogP contribution in [0.25, 0.3) is 5.69 Å². The van der Waals surface area contributed by atoms with E-state index in [9.17, 15) is 14.4 Å². The van der Waals surface area contributed by atoms with E-state index in [1.165, 1.54) is 0 Å². The zero-order valence-electron chi connectivity index (χ0n) is 17.3. The molecule has 3 atom stereocenters. The van der Waals surface area contributed by atoms with Crippen LogP contribution >= 0.6 is 0 Å². The lowest BCUT2D eigenvalue weighted by Gasteiger charge is -2.36. The van der Waals surface area contributed by atoms with Crippen LogP contribution in [0.3, 0.4) is 0 Å². The largest absolute Gasteiger partial charge is 0.348 e. The number of benzene rings is 1. The molecule has 0 bridgehead atoms. The molecule has 30 heavy (non-hydrogen) atoms. The monoisotopic (exact) mass is 409 g/mol. The molecule has 2 aliphatic rings. The zero-order chi connectivity index (χ0) is 21.3. The van der Waals surface area contributed by atoms with E-state index in [1.54, 1.807) is 12.5 Å². The Labute approximate surface area is 175 Å². The van der Waals surface area contributed by atoms with Crippen molar-refractivity contribution in [3.05, 3.63) is 48.5 Å². The third-order valence-electron chi connectivity index (χ3n) is 6.38. The summed E-state index contributed by atoms with van der Waals surface area (Å²) in [5.41, 5.74) is 1.06. The fourth-order valence-corrected chi connectivity index (χ4v) is 4.50. The summed E-state index contributed by atoms with van der Waals surface area (Å²) in [5.74, 6) is -0.555. The highest BCUT2D eigenvalue weighted by atomic mass is 16.2. The predicted octanol–water partition coefficient (Wildman–Crippen LogP) is 2.55. The molecule has 8 nitrogen and oxygen atoms in total. The Hall–Kier alpha value is -3.16. The molecule has 4 rings (SSSR count). The van der Waals surface area contributed by atoms with Crippen molar-refractivity contribution >= 4 is 17.8 Å². The average Bonchev–Trinajstić information content (AvgIpc) is 3.34. The topological polar surface area (TPSA) is 96.3 Å². The van der Waals surface area contributed by atoms with Crippen LogP contribution in [0.4, 0.5) is 4.79 Å². The second kappa shape index (κ2) is 7.93. The van der Waals surface area contributed by atoms with Crippen molar-refractivity contribution in [2.75, 3.05) is 6.54 Å². The number of carbonyl (C=O) groups is 3. The van der Waals surface area contributed by atoms with E-state index in [4.69, 9.17) is 0 Å². The minimum atomic E-state index is -0.843. The first-order chi connectivity index (χ1) is 14.4. The van der Waals surface area contributed by atoms with Crippen LogP contribution in [-0.4, -0.2) is 44.4 Å². The molecule has 0 unspecified atom stereocenters. The van der Waals surface area contributed by atoms with Gasteiger partial charge < -0.3 is 15.2 Å². The summed E-state index contributed by atoms with van der Waals surface area (Å²) in [6.45, 7) is 3.60. The van der Waals surface area contributed by atoms with E-state index in [1.807, 2.05) is 48.9 Å². The molecule has 2 heterocycles. The summed E-state index contributed by atoms with van der Waals surface area (Å²) in [5, 5.41) is 5.77. The fourth-order valence-electron chi connectivity index (χ4n) is 4.50. The maximum Gasteiger partial charge on any atom is 0.325 e. The lowest BCUT2D eigenvalue weighted by atomic mass is 9.73. The summed E-state index contributed by atoms with van der Waals surface area (Å²) >= 11 is 0. The minimum absolute atomic E-state index is 0.0729. The van der Waals surface area contributed by atoms with Crippen molar-refractivity contribution in [3.63, 3.8) is 0 Å². The van der Waals surface area contributed by atoms with Gasteiger partial charge in [-0.1, -0.05) is 31.9 Å². The van der Waals surface area contributed by atoms with Gasteiger partial charge in [-0.3, -0.25) is 14.5 Å². The van der Waals surface area contributed by atoms with Gasteiger partial charge in [0.2, 0.25) is 5.91 Å². The first-order valence-electron chi connectivity index (χ1n) is 10.4. The van der Waals surface area contributed by atoms with Crippen LogP contribution in [0.5, 0.6) is 0 Å². The number of hydrogen-bond acceptors (Lipinski definition) is 4. The van der Waals surface area contributed by atoms with Gasteiger partial charge in [-0.25, -0.2) is 9.78 Å².